The van der Waals surface area contributed by atoms with E-state index in [-0.39, 0.29) is 11.6 Å². The molecule has 0 aliphatic carbocycles. The lowest BCUT2D eigenvalue weighted by Gasteiger charge is -2.45. The molecule has 1 unspecified atom stereocenters. The molecular formula is C20H28O4. The Hall–Kier alpha value is -1.55. The van der Waals surface area contributed by atoms with Crippen LogP contribution in [0.5, 0.6) is 11.5 Å². The first kappa shape index (κ1) is 17.3. The normalized spacial score (nSPS) is 21.9. The summed E-state index contributed by atoms with van der Waals surface area (Å²) in [5.74, 6) is 1.86. The maximum absolute atomic E-state index is 11.4. The molecule has 24 heavy (non-hydrogen) atoms. The fraction of sp³-hybridized carbons (Fsp3) is 0.650. The second-order valence-corrected chi connectivity index (χ2v) is 7.22. The summed E-state index contributed by atoms with van der Waals surface area (Å²) in [7, 11) is 0. The van der Waals surface area contributed by atoms with Crippen LogP contribution in [0.2, 0.25) is 0 Å². The van der Waals surface area contributed by atoms with Crippen molar-refractivity contribution in [3.63, 3.8) is 0 Å². The van der Waals surface area contributed by atoms with Crippen molar-refractivity contribution < 1.29 is 19.0 Å². The third kappa shape index (κ3) is 3.16. The van der Waals surface area contributed by atoms with Crippen LogP contribution < -0.4 is 9.47 Å². The van der Waals surface area contributed by atoms with Gasteiger partial charge >= 0.3 is 5.97 Å². The Morgan fingerprint density at radius 3 is 2.62 bits per heavy atom. The van der Waals surface area contributed by atoms with Crippen molar-refractivity contribution in [2.24, 2.45) is 0 Å². The summed E-state index contributed by atoms with van der Waals surface area (Å²) in [6, 6.07) is 2.03. The van der Waals surface area contributed by atoms with Crippen molar-refractivity contribution >= 4 is 5.97 Å². The maximum atomic E-state index is 11.4. The fourth-order valence-corrected chi connectivity index (χ4v) is 4.06. The highest BCUT2D eigenvalue weighted by Crippen LogP contribution is 2.50. The molecule has 0 radical (unpaired) electrons. The highest BCUT2D eigenvalue weighted by molar-refractivity contribution is 5.71. The molecule has 4 heteroatoms. The predicted octanol–water partition coefficient (Wildman–Crippen LogP) is 4.44. The molecule has 1 saturated heterocycles. The summed E-state index contributed by atoms with van der Waals surface area (Å²) in [6.07, 6.45) is 5.19. The van der Waals surface area contributed by atoms with Crippen LogP contribution >= 0.6 is 0 Å². The van der Waals surface area contributed by atoms with Gasteiger partial charge in [-0.3, -0.25) is 4.79 Å². The van der Waals surface area contributed by atoms with Gasteiger partial charge in [-0.05, 0) is 49.8 Å². The summed E-state index contributed by atoms with van der Waals surface area (Å²) in [6.45, 7) is 9.29. The minimum absolute atomic E-state index is 0.0920. The van der Waals surface area contributed by atoms with Crippen LogP contribution in [-0.2, 0) is 9.53 Å². The number of esters is 1. The summed E-state index contributed by atoms with van der Waals surface area (Å²) >= 11 is 0. The SMILES string of the molecule is CCCC1CC2(CCOCC2)Oc2c1cc(OC(C)=O)c(C)c2C. The number of hydrogen-bond acceptors (Lipinski definition) is 4. The zero-order valence-corrected chi connectivity index (χ0v) is 15.2. The van der Waals surface area contributed by atoms with Gasteiger partial charge in [-0.1, -0.05) is 13.3 Å². The second-order valence-electron chi connectivity index (χ2n) is 7.22. The molecule has 0 bridgehead atoms. The Morgan fingerprint density at radius 2 is 2.00 bits per heavy atom. The van der Waals surface area contributed by atoms with Crippen LogP contribution in [-0.4, -0.2) is 24.8 Å². The first-order valence-corrected chi connectivity index (χ1v) is 9.05. The van der Waals surface area contributed by atoms with Crippen LogP contribution in [0, 0.1) is 13.8 Å². The largest absolute Gasteiger partial charge is 0.486 e. The maximum Gasteiger partial charge on any atom is 0.308 e. The van der Waals surface area contributed by atoms with Crippen molar-refractivity contribution in [3.8, 4) is 11.5 Å². The number of carbonyl (C=O) groups is 1. The van der Waals surface area contributed by atoms with Crippen molar-refractivity contribution in [1.82, 2.24) is 0 Å². The van der Waals surface area contributed by atoms with E-state index in [1.54, 1.807) is 0 Å². The van der Waals surface area contributed by atoms with E-state index in [0.717, 1.165) is 62.2 Å². The number of hydrogen-bond donors (Lipinski definition) is 0. The van der Waals surface area contributed by atoms with Gasteiger partial charge in [0, 0.05) is 25.3 Å². The number of ether oxygens (including phenoxy) is 3. The Labute approximate surface area is 144 Å². The zero-order valence-electron chi connectivity index (χ0n) is 15.2. The molecule has 0 N–H and O–H groups in total. The molecule has 1 aromatic rings. The predicted molar refractivity (Wildman–Crippen MR) is 92.9 cm³/mol. The fourth-order valence-electron chi connectivity index (χ4n) is 4.06. The molecule has 0 saturated carbocycles. The molecule has 2 heterocycles. The van der Waals surface area contributed by atoms with E-state index in [1.165, 1.54) is 12.5 Å². The van der Waals surface area contributed by atoms with Crippen molar-refractivity contribution in [2.45, 2.75) is 71.3 Å². The molecule has 132 valence electrons. The lowest BCUT2D eigenvalue weighted by atomic mass is 9.76. The summed E-state index contributed by atoms with van der Waals surface area (Å²) in [5, 5.41) is 0. The van der Waals surface area contributed by atoms with Gasteiger partial charge in [0.1, 0.15) is 17.1 Å². The van der Waals surface area contributed by atoms with Gasteiger partial charge in [0.25, 0.3) is 0 Å². The third-order valence-corrected chi connectivity index (χ3v) is 5.49. The standard InChI is InChI=1S/C20H28O4/c1-5-6-16-12-20(7-9-22-10-8-20)24-19-14(3)13(2)18(11-17(16)19)23-15(4)21/h11,16H,5-10,12H2,1-4H3. The summed E-state index contributed by atoms with van der Waals surface area (Å²) in [5.41, 5.74) is 3.19. The number of benzene rings is 1. The minimum atomic E-state index is -0.276. The lowest BCUT2D eigenvalue weighted by Crippen LogP contribution is -2.46. The van der Waals surface area contributed by atoms with Gasteiger partial charge in [0.2, 0.25) is 0 Å². The van der Waals surface area contributed by atoms with Gasteiger partial charge in [0.15, 0.2) is 0 Å². The third-order valence-electron chi connectivity index (χ3n) is 5.49. The Bertz CT molecular complexity index is 629. The van der Waals surface area contributed by atoms with E-state index in [2.05, 4.69) is 13.8 Å². The molecule has 0 aromatic heterocycles. The molecule has 0 amide bonds. The van der Waals surface area contributed by atoms with E-state index in [0.29, 0.717) is 11.7 Å². The highest BCUT2D eigenvalue weighted by atomic mass is 16.5. The van der Waals surface area contributed by atoms with Crippen LogP contribution in [0.15, 0.2) is 6.07 Å². The average Bonchev–Trinajstić information content (AvgIpc) is 2.54. The topological polar surface area (TPSA) is 44.8 Å². The number of fused-ring (bicyclic) bond motifs is 1. The van der Waals surface area contributed by atoms with E-state index < -0.39 is 0 Å². The van der Waals surface area contributed by atoms with Crippen LogP contribution in [0.1, 0.15) is 68.6 Å². The van der Waals surface area contributed by atoms with Crippen molar-refractivity contribution in [3.05, 3.63) is 22.8 Å². The highest BCUT2D eigenvalue weighted by Gasteiger charge is 2.43. The first-order chi connectivity index (χ1) is 11.5. The van der Waals surface area contributed by atoms with Gasteiger partial charge in [-0.2, -0.15) is 0 Å². The average molecular weight is 332 g/mol. The quantitative estimate of drug-likeness (QED) is 0.606. The first-order valence-electron chi connectivity index (χ1n) is 9.05. The van der Waals surface area contributed by atoms with E-state index >= 15 is 0 Å². The summed E-state index contributed by atoms with van der Waals surface area (Å²) < 4.78 is 17.6. The molecular weight excluding hydrogens is 304 g/mol. The lowest BCUT2D eigenvalue weighted by molar-refractivity contribution is -0.131. The molecule has 1 atom stereocenters. The number of carbonyl (C=O) groups excluding carboxylic acids is 1. The van der Waals surface area contributed by atoms with Crippen LogP contribution in [0.25, 0.3) is 0 Å². The van der Waals surface area contributed by atoms with Gasteiger partial charge in [-0.25, -0.2) is 0 Å². The van der Waals surface area contributed by atoms with Crippen LogP contribution in [0.4, 0.5) is 0 Å². The van der Waals surface area contributed by atoms with Crippen molar-refractivity contribution in [1.29, 1.82) is 0 Å². The Morgan fingerprint density at radius 1 is 1.29 bits per heavy atom. The van der Waals surface area contributed by atoms with E-state index in [9.17, 15) is 4.79 Å². The van der Waals surface area contributed by atoms with Gasteiger partial charge in [0.05, 0.1) is 13.2 Å². The molecule has 1 spiro atoms. The zero-order chi connectivity index (χ0) is 17.3. The van der Waals surface area contributed by atoms with Gasteiger partial charge < -0.3 is 14.2 Å². The van der Waals surface area contributed by atoms with E-state index in [4.69, 9.17) is 14.2 Å². The van der Waals surface area contributed by atoms with Crippen LogP contribution in [0.3, 0.4) is 0 Å². The molecule has 2 aliphatic rings. The smallest absolute Gasteiger partial charge is 0.308 e. The molecule has 3 rings (SSSR count). The second kappa shape index (κ2) is 6.75. The van der Waals surface area contributed by atoms with E-state index in [1.807, 2.05) is 13.0 Å². The monoisotopic (exact) mass is 332 g/mol. The Balaban J connectivity index is 2.05. The minimum Gasteiger partial charge on any atom is -0.486 e. The number of rotatable bonds is 3. The summed E-state index contributed by atoms with van der Waals surface area (Å²) in [4.78, 5) is 11.4. The Kier molecular flexibility index (Phi) is 4.86. The molecule has 4 nitrogen and oxygen atoms in total. The van der Waals surface area contributed by atoms with Gasteiger partial charge in [-0.15, -0.1) is 0 Å². The molecule has 1 aromatic carbocycles. The molecule has 2 aliphatic heterocycles. The molecule has 1 fully saturated rings. The van der Waals surface area contributed by atoms with Crippen molar-refractivity contribution in [2.75, 3.05) is 13.2 Å².